The summed E-state index contributed by atoms with van der Waals surface area (Å²) in [6.07, 6.45) is -4.75. The maximum Gasteiger partial charge on any atom is 0.424 e. The van der Waals surface area contributed by atoms with E-state index in [-0.39, 0.29) is 6.42 Å². The van der Waals surface area contributed by atoms with Crippen molar-refractivity contribution in [2.45, 2.75) is 32.1 Å². The SMILES string of the molecule is CCC(C)C(F)(CN)C(F)(F)F. The summed E-state index contributed by atoms with van der Waals surface area (Å²) in [5.41, 5.74) is 1.54. The predicted octanol–water partition coefficient (Wildman–Crippen LogP) is 2.26. The Labute approximate surface area is 68.9 Å². The standard InChI is InChI=1S/C7H13F4N/c1-3-5(2)6(8,4-12)7(9,10)11/h5H,3-4,12H2,1-2H3. The zero-order valence-electron chi connectivity index (χ0n) is 7.08. The van der Waals surface area contributed by atoms with Gasteiger partial charge in [-0.3, -0.25) is 0 Å². The molecule has 0 aromatic carbocycles. The van der Waals surface area contributed by atoms with Crippen molar-refractivity contribution in [3.63, 3.8) is 0 Å². The van der Waals surface area contributed by atoms with Crippen LogP contribution in [0.15, 0.2) is 0 Å². The Bertz CT molecular complexity index is 145. The minimum atomic E-state index is -4.86. The zero-order chi connectivity index (χ0) is 9.99. The predicted molar refractivity (Wildman–Crippen MR) is 38.4 cm³/mol. The Hall–Kier alpha value is -0.320. The van der Waals surface area contributed by atoms with Crippen LogP contribution < -0.4 is 5.73 Å². The molecule has 0 radical (unpaired) electrons. The highest BCUT2D eigenvalue weighted by Crippen LogP contribution is 2.40. The maximum atomic E-state index is 13.2. The summed E-state index contributed by atoms with van der Waals surface area (Å²) in [6.45, 7) is 1.70. The zero-order valence-corrected chi connectivity index (χ0v) is 7.08. The molecule has 0 bridgehead atoms. The average Bonchev–Trinajstić information content (AvgIpc) is 1.99. The van der Waals surface area contributed by atoms with Crippen LogP contribution in [0.2, 0.25) is 0 Å². The van der Waals surface area contributed by atoms with E-state index < -0.39 is 24.3 Å². The van der Waals surface area contributed by atoms with Gasteiger partial charge in [-0.05, 0) is 0 Å². The van der Waals surface area contributed by atoms with Gasteiger partial charge in [0.1, 0.15) is 0 Å². The van der Waals surface area contributed by atoms with Gasteiger partial charge in [0.05, 0.1) is 0 Å². The summed E-state index contributed by atoms with van der Waals surface area (Å²) in [4.78, 5) is 0. The van der Waals surface area contributed by atoms with Crippen molar-refractivity contribution in [2.24, 2.45) is 11.7 Å². The Morgan fingerprint density at radius 2 is 1.67 bits per heavy atom. The van der Waals surface area contributed by atoms with Gasteiger partial charge in [-0.15, -0.1) is 0 Å². The second-order valence-corrected chi connectivity index (χ2v) is 2.87. The van der Waals surface area contributed by atoms with Gasteiger partial charge in [-0.1, -0.05) is 20.3 Å². The molecule has 0 heterocycles. The smallest absolute Gasteiger partial charge is 0.327 e. The first-order valence-electron chi connectivity index (χ1n) is 3.75. The molecule has 0 spiro atoms. The van der Waals surface area contributed by atoms with Gasteiger partial charge in [-0.2, -0.15) is 13.2 Å². The van der Waals surface area contributed by atoms with Crippen LogP contribution in [0.5, 0.6) is 0 Å². The molecule has 0 aromatic heterocycles. The summed E-state index contributed by atoms with van der Waals surface area (Å²) in [5, 5.41) is 0. The Morgan fingerprint density at radius 1 is 1.25 bits per heavy atom. The largest absolute Gasteiger partial charge is 0.424 e. The van der Waals surface area contributed by atoms with Gasteiger partial charge >= 0.3 is 6.18 Å². The highest BCUT2D eigenvalue weighted by atomic mass is 19.4. The van der Waals surface area contributed by atoms with Crippen LogP contribution in [0.4, 0.5) is 17.6 Å². The Kier molecular flexibility index (Phi) is 3.50. The van der Waals surface area contributed by atoms with E-state index in [2.05, 4.69) is 0 Å². The van der Waals surface area contributed by atoms with Crippen molar-refractivity contribution >= 4 is 0 Å². The maximum absolute atomic E-state index is 13.2. The lowest BCUT2D eigenvalue weighted by Gasteiger charge is -2.31. The van der Waals surface area contributed by atoms with Crippen molar-refractivity contribution < 1.29 is 17.6 Å². The van der Waals surface area contributed by atoms with Crippen molar-refractivity contribution in [2.75, 3.05) is 6.54 Å². The summed E-state index contributed by atoms with van der Waals surface area (Å²) >= 11 is 0. The van der Waals surface area contributed by atoms with Crippen molar-refractivity contribution in [1.29, 1.82) is 0 Å². The molecule has 2 atom stereocenters. The van der Waals surface area contributed by atoms with Gasteiger partial charge in [0.15, 0.2) is 0 Å². The van der Waals surface area contributed by atoms with Gasteiger partial charge in [-0.25, -0.2) is 4.39 Å². The number of hydrogen-bond acceptors (Lipinski definition) is 1. The second kappa shape index (κ2) is 3.60. The fourth-order valence-corrected chi connectivity index (χ4v) is 0.920. The highest BCUT2D eigenvalue weighted by molar-refractivity contribution is 4.92. The third-order valence-electron chi connectivity index (χ3n) is 2.16. The van der Waals surface area contributed by atoms with Crippen LogP contribution in [0.3, 0.4) is 0 Å². The molecule has 0 aliphatic rings. The number of nitrogens with two attached hydrogens (primary N) is 1. The van der Waals surface area contributed by atoms with Gasteiger partial charge in [0.25, 0.3) is 0 Å². The molecule has 5 heteroatoms. The fraction of sp³-hybridized carbons (Fsp3) is 1.00. The monoisotopic (exact) mass is 187 g/mol. The molecule has 2 unspecified atom stereocenters. The molecular formula is C7H13F4N. The normalized spacial score (nSPS) is 20.2. The summed E-state index contributed by atoms with van der Waals surface area (Å²) in [6, 6.07) is 0. The molecule has 0 saturated carbocycles. The van der Waals surface area contributed by atoms with Crippen LogP contribution in [-0.4, -0.2) is 18.4 Å². The summed E-state index contributed by atoms with van der Waals surface area (Å²) in [7, 11) is 0. The second-order valence-electron chi connectivity index (χ2n) is 2.87. The average molecular weight is 187 g/mol. The highest BCUT2D eigenvalue weighted by Gasteiger charge is 2.57. The number of rotatable bonds is 3. The Balaban J connectivity index is 4.67. The first-order valence-corrected chi connectivity index (χ1v) is 3.75. The molecule has 0 fully saturated rings. The molecule has 0 aromatic rings. The van der Waals surface area contributed by atoms with Crippen molar-refractivity contribution in [3.05, 3.63) is 0 Å². The first kappa shape index (κ1) is 11.7. The van der Waals surface area contributed by atoms with Crippen LogP contribution in [0, 0.1) is 5.92 Å². The lowest BCUT2D eigenvalue weighted by atomic mass is 9.88. The quantitative estimate of drug-likeness (QED) is 0.674. The van der Waals surface area contributed by atoms with E-state index in [4.69, 9.17) is 5.73 Å². The first-order chi connectivity index (χ1) is 5.29. The van der Waals surface area contributed by atoms with Crippen LogP contribution in [0.25, 0.3) is 0 Å². The van der Waals surface area contributed by atoms with E-state index in [1.807, 2.05) is 0 Å². The molecule has 0 aliphatic heterocycles. The van der Waals surface area contributed by atoms with Crippen LogP contribution in [0.1, 0.15) is 20.3 Å². The molecule has 74 valence electrons. The fourth-order valence-electron chi connectivity index (χ4n) is 0.920. The molecule has 0 saturated heterocycles. The van der Waals surface area contributed by atoms with Crippen LogP contribution in [-0.2, 0) is 0 Å². The lowest BCUT2D eigenvalue weighted by Crippen LogP contribution is -2.51. The molecular weight excluding hydrogens is 174 g/mol. The Morgan fingerprint density at radius 3 is 1.75 bits per heavy atom. The van der Waals surface area contributed by atoms with E-state index in [9.17, 15) is 17.6 Å². The third kappa shape index (κ3) is 1.88. The molecule has 2 N–H and O–H groups in total. The van der Waals surface area contributed by atoms with Gasteiger partial charge < -0.3 is 5.73 Å². The number of hydrogen-bond donors (Lipinski definition) is 1. The lowest BCUT2D eigenvalue weighted by molar-refractivity contribution is -0.243. The topological polar surface area (TPSA) is 26.0 Å². The minimum absolute atomic E-state index is 0.118. The molecule has 12 heavy (non-hydrogen) atoms. The van der Waals surface area contributed by atoms with Crippen molar-refractivity contribution in [1.82, 2.24) is 0 Å². The van der Waals surface area contributed by atoms with E-state index >= 15 is 0 Å². The van der Waals surface area contributed by atoms with E-state index in [0.717, 1.165) is 0 Å². The van der Waals surface area contributed by atoms with Crippen LogP contribution >= 0.6 is 0 Å². The minimum Gasteiger partial charge on any atom is -0.327 e. The summed E-state index contributed by atoms with van der Waals surface area (Å²) in [5.74, 6) is -1.09. The van der Waals surface area contributed by atoms with Gasteiger partial charge in [0, 0.05) is 12.5 Å². The summed E-state index contributed by atoms with van der Waals surface area (Å²) < 4.78 is 49.4. The van der Waals surface area contributed by atoms with E-state index in [0.29, 0.717) is 0 Å². The number of alkyl halides is 4. The molecule has 0 aliphatic carbocycles. The molecule has 0 amide bonds. The van der Waals surface area contributed by atoms with E-state index in [1.165, 1.54) is 13.8 Å². The van der Waals surface area contributed by atoms with Gasteiger partial charge in [0.2, 0.25) is 5.67 Å². The molecule has 0 rings (SSSR count). The molecule has 1 nitrogen and oxygen atoms in total. The van der Waals surface area contributed by atoms with Crippen molar-refractivity contribution in [3.8, 4) is 0 Å². The van der Waals surface area contributed by atoms with E-state index in [1.54, 1.807) is 0 Å². The number of halogens is 4. The third-order valence-corrected chi connectivity index (χ3v) is 2.16.